The lowest BCUT2D eigenvalue weighted by atomic mass is 9.96. The molecule has 0 N–H and O–H groups in total. The fraction of sp³-hybridized carbons (Fsp3) is 0.714. The lowest BCUT2D eigenvalue weighted by Gasteiger charge is -2.10. The van der Waals surface area contributed by atoms with Gasteiger partial charge in [0.1, 0.15) is 0 Å². The predicted molar refractivity (Wildman–Crippen MR) is 42.6 cm³/mol. The van der Waals surface area contributed by atoms with Gasteiger partial charge in [0.15, 0.2) is 0 Å². The van der Waals surface area contributed by atoms with Crippen LogP contribution in [0.3, 0.4) is 0 Å². The van der Waals surface area contributed by atoms with Crippen LogP contribution in [0.1, 0.15) is 20.8 Å². The van der Waals surface area contributed by atoms with Crippen molar-refractivity contribution in [3.63, 3.8) is 0 Å². The normalized spacial score (nSPS) is 11.5. The largest absolute Gasteiger partial charge is 0.0899 e. The Bertz CT molecular complexity index is 158. The van der Waals surface area contributed by atoms with Crippen molar-refractivity contribution in [3.05, 3.63) is 22.6 Å². The van der Waals surface area contributed by atoms with E-state index in [1.807, 2.05) is 12.2 Å². The van der Waals surface area contributed by atoms with E-state index in [1.54, 1.807) is 0 Å². The van der Waals surface area contributed by atoms with Gasteiger partial charge in [-0.15, -0.1) is 0 Å². The van der Waals surface area contributed by atoms with Crippen LogP contribution in [-0.4, -0.2) is 6.54 Å². The second-order valence-electron chi connectivity index (χ2n) is 3.18. The van der Waals surface area contributed by atoms with Crippen molar-refractivity contribution in [1.29, 1.82) is 0 Å². The summed E-state index contributed by atoms with van der Waals surface area (Å²) in [4.78, 5) is 2.63. The highest BCUT2D eigenvalue weighted by molar-refractivity contribution is 4.93. The zero-order valence-corrected chi connectivity index (χ0v) is 6.70. The molecular weight excluding hydrogens is 126 g/mol. The van der Waals surface area contributed by atoms with Crippen LogP contribution in [0, 0.1) is 5.41 Å². The van der Waals surface area contributed by atoms with Crippen LogP contribution in [0.5, 0.6) is 0 Å². The van der Waals surface area contributed by atoms with Gasteiger partial charge in [0.25, 0.3) is 0 Å². The summed E-state index contributed by atoms with van der Waals surface area (Å²) >= 11 is 0. The van der Waals surface area contributed by atoms with E-state index in [1.165, 1.54) is 0 Å². The number of azide groups is 1. The van der Waals surface area contributed by atoms with E-state index in [9.17, 15) is 0 Å². The molecule has 3 nitrogen and oxygen atoms in total. The van der Waals surface area contributed by atoms with E-state index < -0.39 is 0 Å². The molecule has 0 aromatic carbocycles. The third kappa shape index (κ3) is 7.05. The summed E-state index contributed by atoms with van der Waals surface area (Å²) in [5, 5.41) is 3.37. The second-order valence-corrected chi connectivity index (χ2v) is 3.18. The van der Waals surface area contributed by atoms with Crippen molar-refractivity contribution in [3.8, 4) is 0 Å². The molecule has 0 saturated heterocycles. The smallest absolute Gasteiger partial charge is 0.0440 e. The summed E-state index contributed by atoms with van der Waals surface area (Å²) < 4.78 is 0. The van der Waals surface area contributed by atoms with Gasteiger partial charge in [-0.1, -0.05) is 38.0 Å². The van der Waals surface area contributed by atoms with Crippen molar-refractivity contribution < 1.29 is 0 Å². The molecule has 0 aromatic heterocycles. The molecule has 0 spiro atoms. The fourth-order valence-corrected chi connectivity index (χ4v) is 0.490. The summed E-state index contributed by atoms with van der Waals surface area (Å²) in [6.07, 6.45) is 3.90. The van der Waals surface area contributed by atoms with Gasteiger partial charge in [0.05, 0.1) is 0 Å². The Balaban J connectivity index is 3.67. The van der Waals surface area contributed by atoms with Crippen molar-refractivity contribution in [2.75, 3.05) is 6.54 Å². The van der Waals surface area contributed by atoms with Gasteiger partial charge < -0.3 is 0 Å². The Morgan fingerprint density at radius 1 is 1.50 bits per heavy atom. The van der Waals surface area contributed by atoms with Crippen LogP contribution in [-0.2, 0) is 0 Å². The van der Waals surface area contributed by atoms with Crippen LogP contribution in [0.25, 0.3) is 10.4 Å². The highest BCUT2D eigenvalue weighted by Gasteiger charge is 2.01. The van der Waals surface area contributed by atoms with Crippen LogP contribution < -0.4 is 0 Å². The third-order valence-corrected chi connectivity index (χ3v) is 0.868. The minimum absolute atomic E-state index is 0.185. The van der Waals surface area contributed by atoms with E-state index >= 15 is 0 Å². The van der Waals surface area contributed by atoms with Crippen molar-refractivity contribution in [2.45, 2.75) is 20.8 Å². The molecule has 0 rings (SSSR count). The van der Waals surface area contributed by atoms with Gasteiger partial charge in [-0.05, 0) is 10.9 Å². The molecule has 0 atom stereocenters. The standard InChI is InChI=1S/C7H13N3/c1-7(2,3)5-4-6-9-10-8/h4-5H,6H2,1-3H3. The molecule has 0 aliphatic carbocycles. The highest BCUT2D eigenvalue weighted by Crippen LogP contribution is 2.13. The molecule has 0 aliphatic heterocycles. The average Bonchev–Trinajstić information content (AvgIpc) is 1.78. The first kappa shape index (κ1) is 9.05. The molecule has 3 heteroatoms. The first-order valence-electron chi connectivity index (χ1n) is 3.25. The minimum Gasteiger partial charge on any atom is -0.0899 e. The summed E-state index contributed by atoms with van der Waals surface area (Å²) in [6.45, 7) is 6.74. The number of allylic oxidation sites excluding steroid dienone is 1. The van der Waals surface area contributed by atoms with Crippen LogP contribution in [0.15, 0.2) is 17.3 Å². The Morgan fingerprint density at radius 3 is 2.50 bits per heavy atom. The average molecular weight is 139 g/mol. The third-order valence-electron chi connectivity index (χ3n) is 0.868. The first-order chi connectivity index (χ1) is 4.56. The molecule has 0 bridgehead atoms. The molecule has 0 heterocycles. The van der Waals surface area contributed by atoms with Crippen LogP contribution in [0.2, 0.25) is 0 Å². The molecule has 0 aromatic rings. The van der Waals surface area contributed by atoms with Gasteiger partial charge in [-0.3, -0.25) is 0 Å². The second kappa shape index (κ2) is 3.96. The minimum atomic E-state index is 0.185. The molecule has 0 amide bonds. The molecular formula is C7H13N3. The van der Waals surface area contributed by atoms with Crippen LogP contribution >= 0.6 is 0 Å². The molecule has 0 aliphatic rings. The van der Waals surface area contributed by atoms with Crippen molar-refractivity contribution in [2.24, 2.45) is 10.5 Å². The molecule has 0 unspecified atom stereocenters. The SMILES string of the molecule is CC(C)(C)C=CCN=[N+]=[N-]. The molecule has 0 radical (unpaired) electrons. The number of nitrogens with zero attached hydrogens (tertiary/aromatic N) is 3. The maximum Gasteiger partial charge on any atom is 0.0440 e. The van der Waals surface area contributed by atoms with Crippen molar-refractivity contribution in [1.82, 2.24) is 0 Å². The quantitative estimate of drug-likeness (QED) is 0.244. The van der Waals surface area contributed by atoms with Crippen molar-refractivity contribution >= 4 is 0 Å². The maximum absolute atomic E-state index is 7.92. The fourth-order valence-electron chi connectivity index (χ4n) is 0.490. The number of rotatable bonds is 2. The summed E-state index contributed by atoms with van der Waals surface area (Å²) in [5.74, 6) is 0. The molecule has 10 heavy (non-hydrogen) atoms. The van der Waals surface area contributed by atoms with Gasteiger partial charge in [0.2, 0.25) is 0 Å². The zero-order chi connectivity index (χ0) is 8.04. The van der Waals surface area contributed by atoms with Gasteiger partial charge >= 0.3 is 0 Å². The maximum atomic E-state index is 7.92. The monoisotopic (exact) mass is 139 g/mol. The molecule has 0 saturated carbocycles. The Labute approximate surface area is 61.4 Å². The number of hydrogen-bond acceptors (Lipinski definition) is 1. The van der Waals surface area contributed by atoms with E-state index in [4.69, 9.17) is 5.53 Å². The Hall–Kier alpha value is -0.950. The van der Waals surface area contributed by atoms with Crippen LogP contribution in [0.4, 0.5) is 0 Å². The number of hydrogen-bond donors (Lipinski definition) is 0. The summed E-state index contributed by atoms with van der Waals surface area (Å²) in [6, 6.07) is 0. The lowest BCUT2D eigenvalue weighted by Crippen LogP contribution is -1.98. The molecule has 56 valence electrons. The summed E-state index contributed by atoms with van der Waals surface area (Å²) in [5.41, 5.74) is 8.11. The Kier molecular flexibility index (Phi) is 3.59. The summed E-state index contributed by atoms with van der Waals surface area (Å²) in [7, 11) is 0. The highest BCUT2D eigenvalue weighted by atomic mass is 15.1. The van der Waals surface area contributed by atoms with E-state index in [-0.39, 0.29) is 5.41 Å². The van der Waals surface area contributed by atoms with Gasteiger partial charge in [-0.2, -0.15) is 0 Å². The van der Waals surface area contributed by atoms with E-state index in [2.05, 4.69) is 30.8 Å². The van der Waals surface area contributed by atoms with E-state index in [0.717, 1.165) is 0 Å². The Morgan fingerprint density at radius 2 is 2.10 bits per heavy atom. The first-order valence-corrected chi connectivity index (χ1v) is 3.25. The predicted octanol–water partition coefficient (Wildman–Crippen LogP) is 2.90. The van der Waals surface area contributed by atoms with E-state index in [0.29, 0.717) is 6.54 Å². The molecule has 0 fully saturated rings. The topological polar surface area (TPSA) is 48.8 Å². The van der Waals surface area contributed by atoms with Gasteiger partial charge in [0, 0.05) is 11.5 Å². The lowest BCUT2D eigenvalue weighted by molar-refractivity contribution is 0.543. The zero-order valence-electron chi connectivity index (χ0n) is 6.70. The van der Waals surface area contributed by atoms with Gasteiger partial charge in [-0.25, -0.2) is 0 Å².